The number of hydrogen-bond acceptors (Lipinski definition) is 4. The lowest BCUT2D eigenvalue weighted by atomic mass is 10.1. The lowest BCUT2D eigenvalue weighted by molar-refractivity contribution is 0.0315. The highest BCUT2D eigenvalue weighted by atomic mass is 35.5. The fraction of sp³-hybridized carbons (Fsp3) is 0.300. The number of ether oxygens (including phenoxy) is 1. The highest BCUT2D eigenvalue weighted by Gasteiger charge is 2.19. The molecule has 1 atom stereocenters. The molecule has 6 heteroatoms. The maximum Gasteiger partial charge on any atom is 0.196 e. The van der Waals surface area contributed by atoms with Crippen LogP contribution in [0.3, 0.4) is 0 Å². The second-order valence-electron chi connectivity index (χ2n) is 6.28. The van der Waals surface area contributed by atoms with Crippen LogP contribution in [0.2, 0.25) is 5.02 Å². The van der Waals surface area contributed by atoms with Crippen molar-refractivity contribution in [2.45, 2.75) is 30.5 Å². The SMILES string of the molecule is Clc1ccc(-n2c(SC[C@H]3CCCCO3)nnc2-c2ccccc2)cc1. The molecule has 1 fully saturated rings. The molecule has 0 aliphatic carbocycles. The largest absolute Gasteiger partial charge is 0.377 e. The van der Waals surface area contributed by atoms with Crippen LogP contribution >= 0.6 is 23.4 Å². The topological polar surface area (TPSA) is 39.9 Å². The van der Waals surface area contributed by atoms with Crippen LogP contribution in [0.15, 0.2) is 59.8 Å². The summed E-state index contributed by atoms with van der Waals surface area (Å²) in [6.07, 6.45) is 3.82. The molecule has 1 aliphatic rings. The third-order valence-corrected chi connectivity index (χ3v) is 5.74. The van der Waals surface area contributed by atoms with Gasteiger partial charge in [-0.1, -0.05) is 53.7 Å². The summed E-state index contributed by atoms with van der Waals surface area (Å²) in [7, 11) is 0. The van der Waals surface area contributed by atoms with Crippen molar-refractivity contribution in [1.29, 1.82) is 0 Å². The molecule has 134 valence electrons. The number of rotatable bonds is 5. The third-order valence-electron chi connectivity index (χ3n) is 4.42. The van der Waals surface area contributed by atoms with E-state index in [0.717, 1.165) is 41.0 Å². The first kappa shape index (κ1) is 17.6. The van der Waals surface area contributed by atoms with Gasteiger partial charge in [0.15, 0.2) is 11.0 Å². The predicted octanol–water partition coefficient (Wildman–Crippen LogP) is 5.25. The van der Waals surface area contributed by atoms with Crippen LogP contribution in [-0.4, -0.2) is 33.2 Å². The predicted molar refractivity (Wildman–Crippen MR) is 106 cm³/mol. The standard InChI is InChI=1S/C20H20ClN3OS/c21-16-9-11-17(12-10-16)24-19(15-6-2-1-3-7-15)22-23-20(24)26-14-18-8-4-5-13-25-18/h1-3,6-7,9-12,18H,4-5,8,13-14H2/t18-/m1/s1. The minimum absolute atomic E-state index is 0.296. The maximum atomic E-state index is 6.07. The quantitative estimate of drug-likeness (QED) is 0.562. The minimum Gasteiger partial charge on any atom is -0.377 e. The number of thioether (sulfide) groups is 1. The van der Waals surface area contributed by atoms with Gasteiger partial charge < -0.3 is 4.74 Å². The molecule has 2 aromatic carbocycles. The fourth-order valence-corrected chi connectivity index (χ4v) is 4.21. The smallest absolute Gasteiger partial charge is 0.196 e. The molecular formula is C20H20ClN3OS. The molecule has 0 amide bonds. The molecule has 4 nitrogen and oxygen atoms in total. The Labute approximate surface area is 162 Å². The summed E-state index contributed by atoms with van der Waals surface area (Å²) in [5, 5.41) is 10.5. The molecule has 0 spiro atoms. The van der Waals surface area contributed by atoms with Gasteiger partial charge in [0.2, 0.25) is 0 Å². The summed E-state index contributed by atoms with van der Waals surface area (Å²) in [6, 6.07) is 17.9. The van der Waals surface area contributed by atoms with E-state index in [1.807, 2.05) is 42.5 Å². The molecule has 0 radical (unpaired) electrons. The first-order valence-electron chi connectivity index (χ1n) is 8.82. The van der Waals surface area contributed by atoms with E-state index in [2.05, 4.69) is 26.9 Å². The normalized spacial score (nSPS) is 17.3. The molecule has 0 unspecified atom stereocenters. The Kier molecular flexibility index (Phi) is 5.58. The van der Waals surface area contributed by atoms with Crippen LogP contribution in [0.1, 0.15) is 19.3 Å². The van der Waals surface area contributed by atoms with Crippen molar-refractivity contribution in [3.8, 4) is 17.1 Å². The van der Waals surface area contributed by atoms with E-state index < -0.39 is 0 Å². The first-order valence-corrected chi connectivity index (χ1v) is 10.2. The van der Waals surface area contributed by atoms with E-state index >= 15 is 0 Å². The summed E-state index contributed by atoms with van der Waals surface area (Å²) < 4.78 is 7.95. The van der Waals surface area contributed by atoms with E-state index in [4.69, 9.17) is 16.3 Å². The van der Waals surface area contributed by atoms with Crippen LogP contribution in [-0.2, 0) is 4.74 Å². The van der Waals surface area contributed by atoms with Crippen molar-refractivity contribution in [1.82, 2.24) is 14.8 Å². The second-order valence-corrected chi connectivity index (χ2v) is 7.71. The summed E-state index contributed by atoms with van der Waals surface area (Å²) in [5.41, 5.74) is 2.04. The summed E-state index contributed by atoms with van der Waals surface area (Å²) in [6.45, 7) is 0.865. The number of hydrogen-bond donors (Lipinski definition) is 0. The van der Waals surface area contributed by atoms with E-state index in [-0.39, 0.29) is 0 Å². The number of benzene rings is 2. The van der Waals surface area contributed by atoms with Crippen LogP contribution < -0.4 is 0 Å². The third kappa shape index (κ3) is 3.95. The lowest BCUT2D eigenvalue weighted by Gasteiger charge is -2.22. The van der Waals surface area contributed by atoms with E-state index in [9.17, 15) is 0 Å². The molecule has 2 heterocycles. The minimum atomic E-state index is 0.296. The Balaban J connectivity index is 1.67. The second kappa shape index (κ2) is 8.25. The van der Waals surface area contributed by atoms with Gasteiger partial charge in [-0.3, -0.25) is 4.57 Å². The average molecular weight is 386 g/mol. The van der Waals surface area contributed by atoms with Gasteiger partial charge in [-0.2, -0.15) is 0 Å². The van der Waals surface area contributed by atoms with Gasteiger partial charge in [0.05, 0.1) is 6.10 Å². The average Bonchev–Trinajstić information content (AvgIpc) is 3.12. The van der Waals surface area contributed by atoms with Crippen molar-refractivity contribution < 1.29 is 4.74 Å². The zero-order valence-corrected chi connectivity index (χ0v) is 15.9. The van der Waals surface area contributed by atoms with Crippen LogP contribution in [0.25, 0.3) is 17.1 Å². The zero-order valence-electron chi connectivity index (χ0n) is 14.3. The van der Waals surface area contributed by atoms with Crippen LogP contribution in [0, 0.1) is 0 Å². The summed E-state index contributed by atoms with van der Waals surface area (Å²) in [4.78, 5) is 0. The van der Waals surface area contributed by atoms with E-state index in [1.54, 1.807) is 11.8 Å². The number of halogens is 1. The molecule has 1 aliphatic heterocycles. The lowest BCUT2D eigenvalue weighted by Crippen LogP contribution is -2.21. The van der Waals surface area contributed by atoms with E-state index in [1.165, 1.54) is 12.8 Å². The van der Waals surface area contributed by atoms with Crippen molar-refractivity contribution in [2.24, 2.45) is 0 Å². The monoisotopic (exact) mass is 385 g/mol. The molecule has 4 rings (SSSR count). The Hall–Kier alpha value is -1.82. The Bertz CT molecular complexity index is 845. The molecule has 0 bridgehead atoms. The van der Waals surface area contributed by atoms with Crippen LogP contribution in [0.4, 0.5) is 0 Å². The molecule has 3 aromatic rings. The first-order chi connectivity index (χ1) is 12.8. The Morgan fingerprint density at radius 2 is 1.85 bits per heavy atom. The van der Waals surface area contributed by atoms with Crippen molar-refractivity contribution in [3.63, 3.8) is 0 Å². The fourth-order valence-electron chi connectivity index (χ4n) is 3.07. The number of aromatic nitrogens is 3. The summed E-state index contributed by atoms with van der Waals surface area (Å²) >= 11 is 7.77. The molecule has 26 heavy (non-hydrogen) atoms. The molecule has 1 aromatic heterocycles. The Morgan fingerprint density at radius 1 is 1.04 bits per heavy atom. The number of nitrogens with zero attached hydrogens (tertiary/aromatic N) is 3. The van der Waals surface area contributed by atoms with Gasteiger partial charge in [0, 0.05) is 28.6 Å². The zero-order chi connectivity index (χ0) is 17.8. The highest BCUT2D eigenvalue weighted by molar-refractivity contribution is 7.99. The van der Waals surface area contributed by atoms with Crippen LogP contribution in [0.5, 0.6) is 0 Å². The van der Waals surface area contributed by atoms with Gasteiger partial charge in [-0.15, -0.1) is 10.2 Å². The molecule has 0 saturated carbocycles. The van der Waals surface area contributed by atoms with Gasteiger partial charge in [-0.05, 0) is 43.5 Å². The van der Waals surface area contributed by atoms with E-state index in [0.29, 0.717) is 11.1 Å². The maximum absolute atomic E-state index is 6.07. The van der Waals surface area contributed by atoms with Gasteiger partial charge in [0.25, 0.3) is 0 Å². The van der Waals surface area contributed by atoms with Crippen molar-refractivity contribution in [2.75, 3.05) is 12.4 Å². The highest BCUT2D eigenvalue weighted by Crippen LogP contribution is 2.30. The van der Waals surface area contributed by atoms with Crippen molar-refractivity contribution >= 4 is 23.4 Å². The van der Waals surface area contributed by atoms with Gasteiger partial charge in [-0.25, -0.2) is 0 Å². The molecule has 1 saturated heterocycles. The Morgan fingerprint density at radius 3 is 2.58 bits per heavy atom. The summed E-state index contributed by atoms with van der Waals surface area (Å²) in [5.74, 6) is 1.72. The van der Waals surface area contributed by atoms with Gasteiger partial charge >= 0.3 is 0 Å². The molecule has 0 N–H and O–H groups in total. The van der Waals surface area contributed by atoms with Gasteiger partial charge in [0.1, 0.15) is 0 Å². The van der Waals surface area contributed by atoms with Crippen molar-refractivity contribution in [3.05, 3.63) is 59.6 Å². The molecular weight excluding hydrogens is 366 g/mol.